The smallest absolute Gasteiger partial charge is 0.247 e. The molecule has 0 amide bonds. The molecule has 6 nitrogen and oxygen atoms in total. The quantitative estimate of drug-likeness (QED) is 0.790. The molecule has 3 atom stereocenters. The lowest BCUT2D eigenvalue weighted by molar-refractivity contribution is 0.0812. The van der Waals surface area contributed by atoms with Gasteiger partial charge in [0.25, 0.3) is 0 Å². The summed E-state index contributed by atoms with van der Waals surface area (Å²) >= 11 is 0. The molecule has 0 fully saturated rings. The van der Waals surface area contributed by atoms with Crippen molar-refractivity contribution in [3.05, 3.63) is 29.8 Å². The van der Waals surface area contributed by atoms with Crippen molar-refractivity contribution in [1.29, 1.82) is 0 Å². The summed E-state index contributed by atoms with van der Waals surface area (Å²) in [6, 6.07) is 4.97. The molecule has 3 rings (SSSR count). The Bertz CT molecular complexity index is 850. The number of allylic oxidation sites excluding steroid dienone is 2. The van der Waals surface area contributed by atoms with Crippen molar-refractivity contribution in [2.24, 2.45) is 5.92 Å². The number of hydrogen-bond acceptors (Lipinski definition) is 5. The fourth-order valence-corrected chi connectivity index (χ4v) is 5.93. The Morgan fingerprint density at radius 2 is 2.07 bits per heavy atom. The van der Waals surface area contributed by atoms with E-state index in [-0.39, 0.29) is 23.5 Å². The number of aliphatic hydroxyl groups is 1. The molecule has 0 spiro atoms. The van der Waals surface area contributed by atoms with Crippen molar-refractivity contribution in [2.75, 3.05) is 33.8 Å². The Hall–Kier alpha value is -1.41. The molecule has 1 aliphatic carbocycles. The van der Waals surface area contributed by atoms with Crippen LogP contribution in [0.1, 0.15) is 45.1 Å². The third-order valence-electron chi connectivity index (χ3n) is 5.87. The van der Waals surface area contributed by atoms with E-state index in [2.05, 4.69) is 11.0 Å². The number of sulfonamides is 1. The Labute approximate surface area is 175 Å². The largest absolute Gasteiger partial charge is 0.487 e. The van der Waals surface area contributed by atoms with Gasteiger partial charge in [0.1, 0.15) is 16.7 Å². The predicted octanol–water partition coefficient (Wildman–Crippen LogP) is 2.97. The van der Waals surface area contributed by atoms with Gasteiger partial charge < -0.3 is 14.7 Å². The molecule has 0 radical (unpaired) electrons. The summed E-state index contributed by atoms with van der Waals surface area (Å²) in [4.78, 5) is 2.25. The van der Waals surface area contributed by atoms with Gasteiger partial charge in [-0.05, 0) is 70.0 Å². The summed E-state index contributed by atoms with van der Waals surface area (Å²) in [6.07, 6.45) is 6.54. The van der Waals surface area contributed by atoms with Gasteiger partial charge in [0.2, 0.25) is 10.0 Å². The molecule has 29 heavy (non-hydrogen) atoms. The van der Waals surface area contributed by atoms with E-state index in [9.17, 15) is 13.5 Å². The number of likely N-dealkylation sites (N-methyl/N-ethyl adjacent to an activating group) is 1. The number of nitrogens with zero attached hydrogens (tertiary/aromatic N) is 2. The zero-order chi connectivity index (χ0) is 21.2. The summed E-state index contributed by atoms with van der Waals surface area (Å²) < 4.78 is 34.7. The summed E-state index contributed by atoms with van der Waals surface area (Å²) in [7, 11) is 0.209. The lowest BCUT2D eigenvalue weighted by Crippen LogP contribution is -2.49. The first-order valence-electron chi connectivity index (χ1n) is 10.5. The monoisotopic (exact) mass is 422 g/mol. The van der Waals surface area contributed by atoms with Gasteiger partial charge in [-0.15, -0.1) is 0 Å². The van der Waals surface area contributed by atoms with Crippen LogP contribution in [0.5, 0.6) is 5.75 Å². The minimum Gasteiger partial charge on any atom is -0.487 e. The minimum atomic E-state index is -3.77. The maximum Gasteiger partial charge on any atom is 0.247 e. The molecule has 162 valence electrons. The first kappa shape index (κ1) is 22.3. The van der Waals surface area contributed by atoms with Gasteiger partial charge >= 0.3 is 0 Å². The van der Waals surface area contributed by atoms with E-state index in [4.69, 9.17) is 4.74 Å². The van der Waals surface area contributed by atoms with Crippen molar-refractivity contribution in [3.63, 3.8) is 0 Å². The van der Waals surface area contributed by atoms with E-state index in [0.29, 0.717) is 18.8 Å². The number of ether oxygens (including phenoxy) is 1. The average molecular weight is 423 g/mol. The first-order valence-corrected chi connectivity index (χ1v) is 12.0. The van der Waals surface area contributed by atoms with Crippen LogP contribution >= 0.6 is 0 Å². The van der Waals surface area contributed by atoms with E-state index in [1.54, 1.807) is 13.0 Å². The summed E-state index contributed by atoms with van der Waals surface area (Å²) in [5, 5.41) is 9.69. The highest BCUT2D eigenvalue weighted by molar-refractivity contribution is 7.89. The van der Waals surface area contributed by atoms with E-state index >= 15 is 0 Å². The molecule has 1 aliphatic heterocycles. The molecule has 0 saturated carbocycles. The van der Waals surface area contributed by atoms with E-state index in [1.807, 2.05) is 33.2 Å². The van der Waals surface area contributed by atoms with Gasteiger partial charge in [0, 0.05) is 25.0 Å². The molecule has 0 unspecified atom stereocenters. The number of benzene rings is 1. The van der Waals surface area contributed by atoms with Crippen molar-refractivity contribution in [1.82, 2.24) is 9.21 Å². The third kappa shape index (κ3) is 4.85. The predicted molar refractivity (Wildman–Crippen MR) is 115 cm³/mol. The van der Waals surface area contributed by atoms with Gasteiger partial charge in [-0.1, -0.05) is 19.1 Å². The van der Waals surface area contributed by atoms with Crippen LogP contribution in [0, 0.1) is 5.92 Å². The summed E-state index contributed by atoms with van der Waals surface area (Å²) in [5.41, 5.74) is 2.30. The second kappa shape index (κ2) is 9.16. The van der Waals surface area contributed by atoms with Gasteiger partial charge in [-0.2, -0.15) is 4.31 Å². The molecule has 1 heterocycles. The lowest BCUT2D eigenvalue weighted by Gasteiger charge is -2.37. The Morgan fingerprint density at radius 3 is 2.69 bits per heavy atom. The van der Waals surface area contributed by atoms with Crippen LogP contribution in [0.2, 0.25) is 0 Å². The lowest BCUT2D eigenvalue weighted by atomic mass is 9.93. The topological polar surface area (TPSA) is 70.1 Å². The molecule has 7 heteroatoms. The van der Waals surface area contributed by atoms with Crippen molar-refractivity contribution < 1.29 is 18.3 Å². The second-order valence-corrected chi connectivity index (χ2v) is 10.5. The van der Waals surface area contributed by atoms with Gasteiger partial charge in [0.05, 0.1) is 6.61 Å². The molecule has 1 aromatic rings. The van der Waals surface area contributed by atoms with Crippen LogP contribution in [0.15, 0.2) is 29.2 Å². The normalized spacial score (nSPS) is 26.1. The number of rotatable bonds is 5. The SMILES string of the molecule is C[C@H]1CN([C@@H](C)CO)S(=O)(=O)c2ccc(C3=CCCCC3)cc2O[C@H]1CN(C)C. The Kier molecular flexibility index (Phi) is 7.04. The van der Waals surface area contributed by atoms with Crippen LogP contribution in [-0.4, -0.2) is 68.7 Å². The zero-order valence-electron chi connectivity index (χ0n) is 18.0. The fraction of sp³-hybridized carbons (Fsp3) is 0.636. The highest BCUT2D eigenvalue weighted by atomic mass is 32.2. The average Bonchev–Trinajstić information content (AvgIpc) is 2.70. The van der Waals surface area contributed by atoms with Gasteiger partial charge in [0.15, 0.2) is 0 Å². The highest BCUT2D eigenvalue weighted by Crippen LogP contribution is 2.37. The first-order chi connectivity index (χ1) is 13.7. The van der Waals surface area contributed by atoms with Crippen LogP contribution in [0.3, 0.4) is 0 Å². The van der Waals surface area contributed by atoms with Crippen molar-refractivity contribution in [3.8, 4) is 5.75 Å². The van der Waals surface area contributed by atoms with Gasteiger partial charge in [-0.25, -0.2) is 8.42 Å². The van der Waals surface area contributed by atoms with E-state index in [0.717, 1.165) is 24.8 Å². The Morgan fingerprint density at radius 1 is 1.31 bits per heavy atom. The molecule has 0 aromatic heterocycles. The number of hydrogen-bond donors (Lipinski definition) is 1. The van der Waals surface area contributed by atoms with Crippen LogP contribution in [0.4, 0.5) is 0 Å². The van der Waals surface area contributed by atoms with E-state index < -0.39 is 16.1 Å². The molecule has 0 bridgehead atoms. The van der Waals surface area contributed by atoms with E-state index in [1.165, 1.54) is 16.3 Å². The maximum absolute atomic E-state index is 13.4. The molecule has 2 aliphatic rings. The second-order valence-electron chi connectivity index (χ2n) is 8.64. The van der Waals surface area contributed by atoms with Gasteiger partial charge in [-0.3, -0.25) is 0 Å². The molecular weight excluding hydrogens is 388 g/mol. The fourth-order valence-electron chi connectivity index (χ4n) is 4.10. The molecular formula is C22H34N2O4S. The Balaban J connectivity index is 2.10. The third-order valence-corrected chi connectivity index (χ3v) is 7.89. The number of aliphatic hydroxyl groups excluding tert-OH is 1. The van der Waals surface area contributed by atoms with Crippen LogP contribution in [-0.2, 0) is 10.0 Å². The van der Waals surface area contributed by atoms with Crippen LogP contribution in [0.25, 0.3) is 5.57 Å². The minimum absolute atomic E-state index is 0.0214. The maximum atomic E-state index is 13.4. The van der Waals surface area contributed by atoms with Crippen molar-refractivity contribution in [2.45, 2.75) is 56.6 Å². The van der Waals surface area contributed by atoms with Crippen LogP contribution < -0.4 is 4.74 Å². The molecule has 1 N–H and O–H groups in total. The molecule has 0 saturated heterocycles. The van der Waals surface area contributed by atoms with Crippen molar-refractivity contribution >= 4 is 15.6 Å². The highest BCUT2D eigenvalue weighted by Gasteiger charge is 2.38. The zero-order valence-corrected chi connectivity index (χ0v) is 18.8. The summed E-state index contributed by atoms with van der Waals surface area (Å²) in [6.45, 7) is 4.54. The standard InChI is InChI=1S/C22H34N2O4S/c1-16-13-24(17(2)15-25)29(26,27)22-11-10-19(18-8-6-5-7-9-18)12-20(22)28-21(16)14-23(3)4/h8,10-12,16-17,21,25H,5-7,9,13-15H2,1-4H3/t16-,17-,21-/m0/s1. The molecule has 1 aromatic carbocycles. The number of fused-ring (bicyclic) bond motifs is 1. The summed E-state index contributed by atoms with van der Waals surface area (Å²) in [5.74, 6) is 0.398.